The molecule has 0 heterocycles. The lowest BCUT2D eigenvalue weighted by Crippen LogP contribution is -2.30. The topological polar surface area (TPSA) is 87.3 Å². The Morgan fingerprint density at radius 3 is 2.22 bits per heavy atom. The first-order valence-corrected chi connectivity index (χ1v) is 14.3. The Labute approximate surface area is 253 Å². The molecule has 0 spiro atoms. The van der Waals surface area contributed by atoms with Gasteiger partial charge in [0.15, 0.2) is 0 Å². The molecule has 0 aliphatic heterocycles. The maximum absolute atomic E-state index is 13.4. The van der Waals surface area contributed by atoms with Crippen LogP contribution in [0.2, 0.25) is 10.0 Å². The molecule has 0 radical (unpaired) electrons. The van der Waals surface area contributed by atoms with Crippen LogP contribution in [0.4, 0.5) is 11.4 Å². The van der Waals surface area contributed by atoms with Crippen molar-refractivity contribution in [3.05, 3.63) is 129 Å². The molecule has 41 heavy (non-hydrogen) atoms. The Balaban J connectivity index is 1.50. The standard InChI is InChI=1S/C32H27Cl2N3O3S/c1-20-8-6-11-25(16-20)35-30(38)21(2)41-27-13-7-12-26(19-27)36-32(40)29(17-23-14-15-24(33)18-28(23)34)37-31(39)22-9-4-3-5-10-22/h3-19,21H,1-2H3,(H,35,38)(H,36,40)(H,37,39)/b29-17+. The van der Waals surface area contributed by atoms with Gasteiger partial charge in [0, 0.05) is 31.9 Å². The molecule has 9 heteroatoms. The van der Waals surface area contributed by atoms with Crippen LogP contribution in [0.25, 0.3) is 6.08 Å². The molecule has 0 aliphatic carbocycles. The monoisotopic (exact) mass is 603 g/mol. The van der Waals surface area contributed by atoms with Crippen LogP contribution in [-0.2, 0) is 9.59 Å². The molecule has 0 bridgehead atoms. The molecule has 0 aliphatic rings. The molecule has 1 unspecified atom stereocenters. The van der Waals surface area contributed by atoms with Crippen LogP contribution in [0.15, 0.2) is 108 Å². The Kier molecular flexibility index (Phi) is 10.2. The van der Waals surface area contributed by atoms with E-state index in [1.165, 1.54) is 17.8 Å². The van der Waals surface area contributed by atoms with Crippen LogP contribution in [0.1, 0.15) is 28.4 Å². The number of nitrogens with one attached hydrogen (secondary N) is 3. The number of benzene rings is 4. The minimum absolute atomic E-state index is 0.00738. The van der Waals surface area contributed by atoms with Gasteiger partial charge in [0.1, 0.15) is 5.70 Å². The summed E-state index contributed by atoms with van der Waals surface area (Å²) in [4.78, 5) is 39.8. The van der Waals surface area contributed by atoms with Crippen molar-refractivity contribution in [1.82, 2.24) is 5.32 Å². The average molecular weight is 605 g/mol. The Morgan fingerprint density at radius 2 is 1.51 bits per heavy atom. The zero-order chi connectivity index (χ0) is 29.4. The lowest BCUT2D eigenvalue weighted by atomic mass is 10.1. The van der Waals surface area contributed by atoms with Gasteiger partial charge in [-0.2, -0.15) is 0 Å². The highest BCUT2D eigenvalue weighted by atomic mass is 35.5. The van der Waals surface area contributed by atoms with Crippen molar-refractivity contribution in [2.24, 2.45) is 0 Å². The highest BCUT2D eigenvalue weighted by molar-refractivity contribution is 8.00. The van der Waals surface area contributed by atoms with E-state index in [2.05, 4.69) is 16.0 Å². The number of amides is 3. The molecule has 6 nitrogen and oxygen atoms in total. The molecule has 208 valence electrons. The highest BCUT2D eigenvalue weighted by Crippen LogP contribution is 2.27. The van der Waals surface area contributed by atoms with Crippen molar-refractivity contribution in [1.29, 1.82) is 0 Å². The fraction of sp³-hybridized carbons (Fsp3) is 0.0938. The van der Waals surface area contributed by atoms with E-state index in [0.29, 0.717) is 26.9 Å². The van der Waals surface area contributed by atoms with Crippen molar-refractivity contribution in [3.8, 4) is 0 Å². The number of halogens is 2. The van der Waals surface area contributed by atoms with E-state index in [1.54, 1.807) is 66.7 Å². The van der Waals surface area contributed by atoms with Crippen LogP contribution in [0, 0.1) is 6.92 Å². The number of rotatable bonds is 9. The largest absolute Gasteiger partial charge is 0.325 e. The predicted octanol–water partition coefficient (Wildman–Crippen LogP) is 7.83. The van der Waals surface area contributed by atoms with Gasteiger partial charge in [0.25, 0.3) is 11.8 Å². The van der Waals surface area contributed by atoms with Gasteiger partial charge in [-0.1, -0.05) is 65.7 Å². The van der Waals surface area contributed by atoms with E-state index < -0.39 is 17.1 Å². The number of anilines is 2. The third-order valence-electron chi connectivity index (χ3n) is 5.85. The summed E-state index contributed by atoms with van der Waals surface area (Å²) in [7, 11) is 0. The van der Waals surface area contributed by atoms with Crippen LogP contribution in [0.3, 0.4) is 0 Å². The second kappa shape index (κ2) is 14.0. The van der Waals surface area contributed by atoms with E-state index in [-0.39, 0.29) is 11.6 Å². The van der Waals surface area contributed by atoms with Crippen molar-refractivity contribution in [2.45, 2.75) is 24.0 Å². The lowest BCUT2D eigenvalue weighted by Gasteiger charge is -2.14. The summed E-state index contributed by atoms with van der Waals surface area (Å²) in [6.07, 6.45) is 1.49. The van der Waals surface area contributed by atoms with E-state index in [4.69, 9.17) is 23.2 Å². The average Bonchev–Trinajstić information content (AvgIpc) is 2.94. The molecule has 0 saturated heterocycles. The van der Waals surface area contributed by atoms with Gasteiger partial charge in [-0.15, -0.1) is 11.8 Å². The maximum Gasteiger partial charge on any atom is 0.272 e. The highest BCUT2D eigenvalue weighted by Gasteiger charge is 2.18. The van der Waals surface area contributed by atoms with Gasteiger partial charge in [0.2, 0.25) is 5.91 Å². The second-order valence-electron chi connectivity index (χ2n) is 9.14. The van der Waals surface area contributed by atoms with Gasteiger partial charge in [-0.25, -0.2) is 0 Å². The SMILES string of the molecule is Cc1cccc(NC(=O)C(C)Sc2cccc(NC(=O)/C(=C\c3ccc(Cl)cc3Cl)NC(=O)c3ccccc3)c2)c1. The summed E-state index contributed by atoms with van der Waals surface area (Å²) >= 11 is 13.7. The second-order valence-corrected chi connectivity index (χ2v) is 11.4. The summed E-state index contributed by atoms with van der Waals surface area (Å²) in [5.74, 6) is -1.13. The molecule has 1 atom stereocenters. The van der Waals surface area contributed by atoms with Gasteiger partial charge in [-0.3, -0.25) is 14.4 Å². The Bertz CT molecular complexity index is 1610. The third kappa shape index (κ3) is 8.72. The molecule has 0 aromatic heterocycles. The molecular formula is C32H27Cl2N3O3S. The van der Waals surface area contributed by atoms with Crippen molar-refractivity contribution >= 4 is 70.1 Å². The Hall–Kier alpha value is -4.04. The number of carbonyl (C=O) groups is 3. The number of hydrogen-bond acceptors (Lipinski definition) is 4. The van der Waals surface area contributed by atoms with E-state index >= 15 is 0 Å². The van der Waals surface area contributed by atoms with Crippen molar-refractivity contribution < 1.29 is 14.4 Å². The zero-order valence-electron chi connectivity index (χ0n) is 22.3. The van der Waals surface area contributed by atoms with Crippen LogP contribution < -0.4 is 16.0 Å². The fourth-order valence-corrected chi connectivity index (χ4v) is 5.18. The molecule has 3 amide bonds. The molecule has 0 fully saturated rings. The molecule has 3 N–H and O–H groups in total. The van der Waals surface area contributed by atoms with E-state index in [0.717, 1.165) is 16.1 Å². The summed E-state index contributed by atoms with van der Waals surface area (Å²) in [6.45, 7) is 3.78. The summed E-state index contributed by atoms with van der Waals surface area (Å²) in [5.41, 5.74) is 3.18. The van der Waals surface area contributed by atoms with Crippen LogP contribution in [-0.4, -0.2) is 23.0 Å². The van der Waals surface area contributed by atoms with Gasteiger partial charge < -0.3 is 16.0 Å². The first-order valence-electron chi connectivity index (χ1n) is 12.7. The summed E-state index contributed by atoms with van der Waals surface area (Å²) in [6, 6.07) is 28.2. The number of carbonyl (C=O) groups excluding carboxylic acids is 3. The molecule has 0 saturated carbocycles. The first kappa shape index (κ1) is 29.9. The minimum atomic E-state index is -0.548. The predicted molar refractivity (Wildman–Crippen MR) is 169 cm³/mol. The normalized spacial score (nSPS) is 11.9. The molecule has 4 aromatic rings. The number of hydrogen-bond donors (Lipinski definition) is 3. The zero-order valence-corrected chi connectivity index (χ0v) is 24.6. The fourth-order valence-electron chi connectivity index (χ4n) is 3.79. The van der Waals surface area contributed by atoms with Crippen LogP contribution >= 0.6 is 35.0 Å². The molecular weight excluding hydrogens is 577 g/mol. The van der Waals surface area contributed by atoms with Crippen molar-refractivity contribution in [3.63, 3.8) is 0 Å². The van der Waals surface area contributed by atoms with E-state index in [1.807, 2.05) is 44.2 Å². The minimum Gasteiger partial charge on any atom is -0.325 e. The quantitative estimate of drug-likeness (QED) is 0.134. The van der Waals surface area contributed by atoms with Gasteiger partial charge in [-0.05, 0) is 85.6 Å². The van der Waals surface area contributed by atoms with Gasteiger partial charge in [0.05, 0.1) is 5.25 Å². The smallest absolute Gasteiger partial charge is 0.272 e. The summed E-state index contributed by atoms with van der Waals surface area (Å²) in [5, 5.41) is 8.84. The van der Waals surface area contributed by atoms with E-state index in [9.17, 15) is 14.4 Å². The van der Waals surface area contributed by atoms with Gasteiger partial charge >= 0.3 is 0 Å². The molecule has 4 aromatic carbocycles. The third-order valence-corrected chi connectivity index (χ3v) is 7.51. The summed E-state index contributed by atoms with van der Waals surface area (Å²) < 4.78 is 0. The lowest BCUT2D eigenvalue weighted by molar-refractivity contribution is -0.115. The van der Waals surface area contributed by atoms with Crippen LogP contribution in [0.5, 0.6) is 0 Å². The number of thioether (sulfide) groups is 1. The number of aryl methyl sites for hydroxylation is 1. The maximum atomic E-state index is 13.4. The Morgan fingerprint density at radius 1 is 0.805 bits per heavy atom. The molecule has 4 rings (SSSR count). The van der Waals surface area contributed by atoms with Crippen molar-refractivity contribution in [2.75, 3.05) is 10.6 Å². The first-order chi connectivity index (χ1) is 19.7.